The van der Waals surface area contributed by atoms with Gasteiger partial charge in [0.05, 0.1) is 9.79 Å². The van der Waals surface area contributed by atoms with E-state index in [-0.39, 0.29) is 21.2 Å². The third-order valence-corrected chi connectivity index (χ3v) is 5.24. The molecule has 3 N–H and O–H groups in total. The minimum Gasteiger partial charge on any atom is -0.484 e. The predicted octanol–water partition coefficient (Wildman–Crippen LogP) is 2.08. The zero-order valence-electron chi connectivity index (χ0n) is 12.9. The molecule has 2 aromatic rings. The second-order valence-electron chi connectivity index (χ2n) is 5.05. The van der Waals surface area contributed by atoms with Crippen LogP contribution in [-0.4, -0.2) is 29.6 Å². The Balaban J connectivity index is 2.17. The molecular formula is C14H13F3N2O5S2. The van der Waals surface area contributed by atoms with Crippen molar-refractivity contribution in [1.82, 2.24) is 0 Å². The van der Waals surface area contributed by atoms with Gasteiger partial charge in [0.1, 0.15) is 5.75 Å². The third kappa shape index (κ3) is 5.61. The fourth-order valence-corrected chi connectivity index (χ4v) is 3.55. The highest BCUT2D eigenvalue weighted by molar-refractivity contribution is 7.93. The summed E-state index contributed by atoms with van der Waals surface area (Å²) in [6.07, 6.45) is -4.49. The van der Waals surface area contributed by atoms with Crippen LogP contribution in [0.1, 0.15) is 0 Å². The summed E-state index contributed by atoms with van der Waals surface area (Å²) in [6.45, 7) is -1.47. The molecule has 0 aliphatic rings. The lowest BCUT2D eigenvalue weighted by Gasteiger charge is -2.11. The summed E-state index contributed by atoms with van der Waals surface area (Å²) in [7, 11) is -8.22. The summed E-state index contributed by atoms with van der Waals surface area (Å²) >= 11 is 0. The van der Waals surface area contributed by atoms with Crippen molar-refractivity contribution in [3.05, 3.63) is 48.5 Å². The van der Waals surface area contributed by atoms with Crippen molar-refractivity contribution in [2.24, 2.45) is 5.14 Å². The van der Waals surface area contributed by atoms with Crippen LogP contribution >= 0.6 is 0 Å². The van der Waals surface area contributed by atoms with Crippen LogP contribution in [-0.2, 0) is 20.0 Å². The maximum Gasteiger partial charge on any atom is 0.422 e. The highest BCUT2D eigenvalue weighted by Crippen LogP contribution is 2.22. The second kappa shape index (κ2) is 7.13. The van der Waals surface area contributed by atoms with Gasteiger partial charge in [-0.15, -0.1) is 0 Å². The van der Waals surface area contributed by atoms with Gasteiger partial charge in [0.25, 0.3) is 10.0 Å². The van der Waals surface area contributed by atoms with Crippen LogP contribution in [0, 0.1) is 0 Å². The fraction of sp³-hybridized carbons (Fsp3) is 0.143. The number of alkyl halides is 3. The van der Waals surface area contributed by atoms with Crippen molar-refractivity contribution >= 4 is 25.7 Å². The Labute approximate surface area is 147 Å². The number of sulfonamides is 2. The molecule has 0 radical (unpaired) electrons. The minimum absolute atomic E-state index is 0.0466. The van der Waals surface area contributed by atoms with Gasteiger partial charge < -0.3 is 4.74 Å². The van der Waals surface area contributed by atoms with Gasteiger partial charge in [0, 0.05) is 5.69 Å². The molecule has 0 fully saturated rings. The lowest BCUT2D eigenvalue weighted by Crippen LogP contribution is -2.19. The number of benzene rings is 2. The minimum atomic E-state index is -4.49. The fourth-order valence-electron chi connectivity index (χ4n) is 1.82. The molecule has 26 heavy (non-hydrogen) atoms. The SMILES string of the molecule is NS(=O)(=O)c1cccc(S(=O)(=O)Nc2ccc(OCC(F)(F)F)cc2)c1. The number of hydrogen-bond acceptors (Lipinski definition) is 5. The summed E-state index contributed by atoms with van der Waals surface area (Å²) in [6, 6.07) is 9.12. The molecule has 7 nitrogen and oxygen atoms in total. The molecule has 12 heteroatoms. The number of hydrogen-bond donors (Lipinski definition) is 2. The number of rotatable bonds is 6. The molecule has 0 spiro atoms. The van der Waals surface area contributed by atoms with Gasteiger partial charge >= 0.3 is 6.18 Å². The van der Waals surface area contributed by atoms with Crippen molar-refractivity contribution in [2.45, 2.75) is 16.0 Å². The lowest BCUT2D eigenvalue weighted by molar-refractivity contribution is -0.153. The number of nitrogens with two attached hydrogens (primary N) is 1. The predicted molar refractivity (Wildman–Crippen MR) is 86.6 cm³/mol. The normalized spacial score (nSPS) is 12.6. The van der Waals surface area contributed by atoms with Gasteiger partial charge in [-0.2, -0.15) is 13.2 Å². The van der Waals surface area contributed by atoms with E-state index in [1.807, 2.05) is 0 Å². The summed E-state index contributed by atoms with van der Waals surface area (Å²) in [5, 5.41) is 4.96. The molecular weight excluding hydrogens is 397 g/mol. The summed E-state index contributed by atoms with van der Waals surface area (Å²) in [4.78, 5) is -0.724. The van der Waals surface area contributed by atoms with Crippen molar-refractivity contribution < 1.29 is 34.7 Å². The van der Waals surface area contributed by atoms with Crippen LogP contribution in [0.25, 0.3) is 0 Å². The van der Waals surface area contributed by atoms with Gasteiger partial charge in [0.15, 0.2) is 6.61 Å². The van der Waals surface area contributed by atoms with Crippen LogP contribution < -0.4 is 14.6 Å². The van der Waals surface area contributed by atoms with Crippen LogP contribution in [0.5, 0.6) is 5.75 Å². The first-order chi connectivity index (χ1) is 11.9. The zero-order chi connectivity index (χ0) is 19.6. The van der Waals surface area contributed by atoms with E-state index in [9.17, 15) is 30.0 Å². The Kier molecular flexibility index (Phi) is 5.49. The largest absolute Gasteiger partial charge is 0.484 e. The molecule has 0 heterocycles. The quantitative estimate of drug-likeness (QED) is 0.757. The third-order valence-electron chi connectivity index (χ3n) is 2.95. The van der Waals surface area contributed by atoms with Crippen molar-refractivity contribution in [3.8, 4) is 5.75 Å². The Hall–Kier alpha value is -2.31. The maximum atomic E-state index is 12.3. The number of anilines is 1. The van der Waals surface area contributed by atoms with E-state index in [4.69, 9.17) is 5.14 Å². The molecule has 0 aliphatic carbocycles. The van der Waals surface area contributed by atoms with Crippen molar-refractivity contribution in [1.29, 1.82) is 0 Å². The Morgan fingerprint density at radius 1 is 0.962 bits per heavy atom. The molecule has 2 aromatic carbocycles. The van der Waals surface area contributed by atoms with E-state index in [1.165, 1.54) is 18.2 Å². The average Bonchev–Trinajstić information content (AvgIpc) is 2.52. The van der Waals surface area contributed by atoms with E-state index in [0.29, 0.717) is 0 Å². The zero-order valence-corrected chi connectivity index (χ0v) is 14.5. The van der Waals surface area contributed by atoms with E-state index in [0.717, 1.165) is 30.3 Å². The highest BCUT2D eigenvalue weighted by Gasteiger charge is 2.28. The van der Waals surface area contributed by atoms with Gasteiger partial charge in [-0.25, -0.2) is 22.0 Å². The lowest BCUT2D eigenvalue weighted by atomic mass is 10.3. The highest BCUT2D eigenvalue weighted by atomic mass is 32.2. The molecule has 0 unspecified atom stereocenters. The molecule has 0 amide bonds. The molecule has 0 bridgehead atoms. The second-order valence-corrected chi connectivity index (χ2v) is 8.30. The Morgan fingerprint density at radius 3 is 2.08 bits per heavy atom. The Morgan fingerprint density at radius 2 is 1.54 bits per heavy atom. The number of halogens is 3. The first-order valence-corrected chi connectivity index (χ1v) is 9.85. The standard InChI is InChI=1S/C14H13F3N2O5S2/c15-14(16,17)9-24-11-6-4-10(5-7-11)19-26(22,23)13-3-1-2-12(8-13)25(18,20)21/h1-8,19H,9H2,(H2,18,20,21). The average molecular weight is 410 g/mol. The van der Waals surface area contributed by atoms with Crippen LogP contribution in [0.15, 0.2) is 58.3 Å². The summed E-state index contributed by atoms with van der Waals surface area (Å²) in [5.41, 5.74) is 0.0466. The molecule has 0 aromatic heterocycles. The van der Waals surface area contributed by atoms with E-state index in [2.05, 4.69) is 9.46 Å². The molecule has 0 saturated heterocycles. The summed E-state index contributed by atoms with van der Waals surface area (Å²) in [5.74, 6) is -0.0958. The van der Waals surface area contributed by atoms with Crippen molar-refractivity contribution in [2.75, 3.05) is 11.3 Å². The van der Waals surface area contributed by atoms with Crippen LogP contribution in [0.2, 0.25) is 0 Å². The van der Waals surface area contributed by atoms with Crippen LogP contribution in [0.3, 0.4) is 0 Å². The number of primary sulfonamides is 1. The van der Waals surface area contributed by atoms with Gasteiger partial charge in [0.2, 0.25) is 10.0 Å². The Bertz CT molecular complexity index is 988. The maximum absolute atomic E-state index is 12.3. The smallest absolute Gasteiger partial charge is 0.422 e. The van der Waals surface area contributed by atoms with Crippen molar-refractivity contribution in [3.63, 3.8) is 0 Å². The van der Waals surface area contributed by atoms with Crippen LogP contribution in [0.4, 0.5) is 18.9 Å². The number of nitrogens with one attached hydrogen (secondary N) is 1. The molecule has 2 rings (SSSR count). The molecule has 0 saturated carbocycles. The molecule has 142 valence electrons. The molecule has 0 aliphatic heterocycles. The molecule has 0 atom stereocenters. The first-order valence-electron chi connectivity index (χ1n) is 6.82. The van der Waals surface area contributed by atoms with E-state index >= 15 is 0 Å². The number of ether oxygens (including phenoxy) is 1. The van der Waals surface area contributed by atoms with E-state index < -0.39 is 32.8 Å². The topological polar surface area (TPSA) is 116 Å². The van der Waals surface area contributed by atoms with Gasteiger partial charge in [-0.05, 0) is 42.5 Å². The summed E-state index contributed by atoms with van der Waals surface area (Å²) < 4.78 is 90.1. The van der Waals surface area contributed by atoms with Gasteiger partial charge in [-0.3, -0.25) is 4.72 Å². The van der Waals surface area contributed by atoms with E-state index in [1.54, 1.807) is 0 Å². The first kappa shape index (κ1) is 20.0. The van der Waals surface area contributed by atoms with Gasteiger partial charge in [-0.1, -0.05) is 6.07 Å². The monoisotopic (exact) mass is 410 g/mol.